The molecule has 0 aliphatic carbocycles. The monoisotopic (exact) mass is 438 g/mol. The van der Waals surface area contributed by atoms with Gasteiger partial charge in [0, 0.05) is 35.8 Å². The number of carbonyl (C=O) groups is 1. The number of nitrogens with zero attached hydrogens (tertiary/aromatic N) is 2. The van der Waals surface area contributed by atoms with Crippen LogP contribution in [0.2, 0.25) is 0 Å². The van der Waals surface area contributed by atoms with Gasteiger partial charge in [-0.25, -0.2) is 0 Å². The summed E-state index contributed by atoms with van der Waals surface area (Å²) < 4.78 is 2.12. The standard InChI is InChI=1S/C26H34N2O2S/c1-3-5-15-27(16-6-4-2)19-22(29)20-28-18-21(23-10-7-8-11-24(23)28)13-14-25(30)26-12-9-17-31-26/h7-14,17-18,22,29H,3-6,15-16,19-20H2,1-2H3/b14-13+/t22-/m1/s1. The highest BCUT2D eigenvalue weighted by Gasteiger charge is 2.14. The summed E-state index contributed by atoms with van der Waals surface area (Å²) in [4.78, 5) is 15.5. The SMILES string of the molecule is CCCCN(CCCC)C[C@@H](O)Cn1cc(/C=C/C(=O)c2cccs2)c2ccccc21. The molecule has 3 rings (SSSR count). The van der Waals surface area contributed by atoms with Crippen LogP contribution in [0.5, 0.6) is 0 Å². The number of thiophene rings is 1. The van der Waals surface area contributed by atoms with Crippen LogP contribution in [-0.4, -0.2) is 46.1 Å². The van der Waals surface area contributed by atoms with Gasteiger partial charge in [0.25, 0.3) is 0 Å². The Morgan fingerprint density at radius 3 is 2.55 bits per heavy atom. The third kappa shape index (κ3) is 6.63. The van der Waals surface area contributed by atoms with Crippen molar-refractivity contribution in [2.24, 2.45) is 0 Å². The Kier molecular flexibility index (Phi) is 9.07. The molecule has 0 amide bonds. The Balaban J connectivity index is 1.73. The van der Waals surface area contributed by atoms with Crippen LogP contribution in [0.3, 0.4) is 0 Å². The number of hydrogen-bond donors (Lipinski definition) is 1. The molecule has 0 unspecified atom stereocenters. The third-order valence-electron chi connectivity index (χ3n) is 5.53. The van der Waals surface area contributed by atoms with E-state index >= 15 is 0 Å². The van der Waals surface area contributed by atoms with E-state index in [2.05, 4.69) is 41.6 Å². The number of carbonyl (C=O) groups excluding carboxylic acids is 1. The first kappa shape index (κ1) is 23.5. The number of aromatic nitrogens is 1. The maximum absolute atomic E-state index is 12.4. The van der Waals surface area contributed by atoms with E-state index in [9.17, 15) is 9.90 Å². The number of aliphatic hydroxyl groups excluding tert-OH is 1. The van der Waals surface area contributed by atoms with E-state index in [1.807, 2.05) is 35.7 Å². The number of ketones is 1. The van der Waals surface area contributed by atoms with Gasteiger partial charge in [-0.3, -0.25) is 4.79 Å². The smallest absolute Gasteiger partial charge is 0.195 e. The molecule has 0 spiro atoms. The zero-order valence-corrected chi connectivity index (χ0v) is 19.5. The number of para-hydroxylation sites is 1. The van der Waals surface area contributed by atoms with E-state index in [1.54, 1.807) is 6.08 Å². The van der Waals surface area contributed by atoms with Crippen molar-refractivity contribution in [3.63, 3.8) is 0 Å². The van der Waals surface area contributed by atoms with E-state index in [1.165, 1.54) is 24.2 Å². The molecule has 31 heavy (non-hydrogen) atoms. The Morgan fingerprint density at radius 1 is 1.13 bits per heavy atom. The van der Waals surface area contributed by atoms with Gasteiger partial charge in [0.2, 0.25) is 0 Å². The molecule has 166 valence electrons. The highest BCUT2D eigenvalue weighted by Crippen LogP contribution is 2.23. The second-order valence-corrected chi connectivity index (χ2v) is 9.04. The highest BCUT2D eigenvalue weighted by molar-refractivity contribution is 7.12. The first-order valence-electron chi connectivity index (χ1n) is 11.4. The molecule has 1 N–H and O–H groups in total. The zero-order valence-electron chi connectivity index (χ0n) is 18.7. The van der Waals surface area contributed by atoms with Crippen molar-refractivity contribution < 1.29 is 9.90 Å². The van der Waals surface area contributed by atoms with Crippen molar-refractivity contribution >= 4 is 34.1 Å². The molecule has 1 aromatic carbocycles. The van der Waals surface area contributed by atoms with Gasteiger partial charge in [0.05, 0.1) is 11.0 Å². The largest absolute Gasteiger partial charge is 0.390 e. The summed E-state index contributed by atoms with van der Waals surface area (Å²) in [6, 6.07) is 11.9. The van der Waals surface area contributed by atoms with Crippen molar-refractivity contribution in [1.82, 2.24) is 9.47 Å². The van der Waals surface area contributed by atoms with Crippen molar-refractivity contribution in [3.8, 4) is 0 Å². The van der Waals surface area contributed by atoms with Gasteiger partial charge in [0.15, 0.2) is 5.78 Å². The molecule has 0 saturated carbocycles. The van der Waals surface area contributed by atoms with E-state index < -0.39 is 6.10 Å². The molecule has 0 bridgehead atoms. The van der Waals surface area contributed by atoms with Crippen LogP contribution in [0.15, 0.2) is 54.1 Å². The summed E-state index contributed by atoms with van der Waals surface area (Å²) in [5, 5.41) is 13.9. The lowest BCUT2D eigenvalue weighted by Crippen LogP contribution is -2.36. The molecule has 2 aromatic heterocycles. The van der Waals surface area contributed by atoms with Crippen LogP contribution >= 0.6 is 11.3 Å². The Morgan fingerprint density at radius 2 is 1.87 bits per heavy atom. The van der Waals surface area contributed by atoms with E-state index in [0.717, 1.165) is 47.3 Å². The molecule has 2 heterocycles. The summed E-state index contributed by atoms with van der Waals surface area (Å²) >= 11 is 1.46. The number of allylic oxidation sites excluding steroid dienone is 1. The minimum absolute atomic E-state index is 0.0226. The number of rotatable bonds is 13. The second-order valence-electron chi connectivity index (χ2n) is 8.09. The quantitative estimate of drug-likeness (QED) is 0.268. The van der Waals surface area contributed by atoms with Crippen molar-refractivity contribution in [3.05, 3.63) is 64.5 Å². The summed E-state index contributed by atoms with van der Waals surface area (Å²) in [6.07, 6.45) is 9.81. The van der Waals surface area contributed by atoms with Crippen LogP contribution in [0.1, 0.15) is 54.8 Å². The maximum Gasteiger partial charge on any atom is 0.195 e. The summed E-state index contributed by atoms with van der Waals surface area (Å²) in [5.41, 5.74) is 2.08. The molecule has 4 nitrogen and oxygen atoms in total. The van der Waals surface area contributed by atoms with Crippen molar-refractivity contribution in [2.75, 3.05) is 19.6 Å². The van der Waals surface area contributed by atoms with Gasteiger partial charge in [-0.05, 0) is 55.6 Å². The van der Waals surface area contributed by atoms with Crippen LogP contribution < -0.4 is 0 Å². The number of unbranched alkanes of at least 4 members (excludes halogenated alkanes) is 2. The fourth-order valence-corrected chi connectivity index (χ4v) is 4.51. The first-order chi connectivity index (χ1) is 15.1. The molecule has 0 aliphatic rings. The second kappa shape index (κ2) is 12.0. The molecule has 5 heteroatoms. The van der Waals surface area contributed by atoms with Crippen LogP contribution in [-0.2, 0) is 6.54 Å². The number of aliphatic hydroxyl groups is 1. The van der Waals surface area contributed by atoms with Gasteiger partial charge < -0.3 is 14.6 Å². The molecule has 1 atom stereocenters. The predicted molar refractivity (Wildman–Crippen MR) is 132 cm³/mol. The molecular formula is C26H34N2O2S. The minimum atomic E-state index is -0.436. The van der Waals surface area contributed by atoms with Gasteiger partial charge >= 0.3 is 0 Å². The van der Waals surface area contributed by atoms with Crippen molar-refractivity contribution in [1.29, 1.82) is 0 Å². The number of fused-ring (bicyclic) bond motifs is 1. The molecule has 0 radical (unpaired) electrons. The zero-order chi connectivity index (χ0) is 22.1. The Labute approximate surface area is 189 Å². The number of hydrogen-bond acceptors (Lipinski definition) is 4. The normalized spacial score (nSPS) is 12.9. The maximum atomic E-state index is 12.4. The van der Waals surface area contributed by atoms with E-state index in [-0.39, 0.29) is 5.78 Å². The van der Waals surface area contributed by atoms with Crippen LogP contribution in [0.4, 0.5) is 0 Å². The summed E-state index contributed by atoms with van der Waals surface area (Å²) in [6.45, 7) is 7.73. The lowest BCUT2D eigenvalue weighted by atomic mass is 10.1. The van der Waals surface area contributed by atoms with E-state index in [0.29, 0.717) is 13.1 Å². The first-order valence-corrected chi connectivity index (χ1v) is 12.2. The highest BCUT2D eigenvalue weighted by atomic mass is 32.1. The Hall–Kier alpha value is -2.21. The Bertz CT molecular complexity index is 967. The fourth-order valence-electron chi connectivity index (χ4n) is 3.87. The van der Waals surface area contributed by atoms with Crippen LogP contribution in [0.25, 0.3) is 17.0 Å². The molecule has 0 saturated heterocycles. The predicted octanol–water partition coefficient (Wildman–Crippen LogP) is 5.86. The third-order valence-corrected chi connectivity index (χ3v) is 6.41. The van der Waals surface area contributed by atoms with Gasteiger partial charge in [-0.15, -0.1) is 11.3 Å². The fraction of sp³-hybridized carbons (Fsp3) is 0.423. The molecule has 0 fully saturated rings. The number of benzene rings is 1. The van der Waals surface area contributed by atoms with Gasteiger partial charge in [0.1, 0.15) is 0 Å². The summed E-state index contributed by atoms with van der Waals surface area (Å²) in [7, 11) is 0. The molecule has 0 aliphatic heterocycles. The lowest BCUT2D eigenvalue weighted by molar-refractivity contribution is 0.0973. The molecule has 3 aromatic rings. The van der Waals surface area contributed by atoms with Gasteiger partial charge in [-0.2, -0.15) is 0 Å². The molecular weight excluding hydrogens is 404 g/mol. The van der Waals surface area contributed by atoms with Gasteiger partial charge in [-0.1, -0.05) is 51.0 Å². The van der Waals surface area contributed by atoms with E-state index in [4.69, 9.17) is 0 Å². The lowest BCUT2D eigenvalue weighted by Gasteiger charge is -2.25. The average molecular weight is 439 g/mol. The average Bonchev–Trinajstić information content (AvgIpc) is 3.43. The minimum Gasteiger partial charge on any atom is -0.390 e. The van der Waals surface area contributed by atoms with Crippen molar-refractivity contribution in [2.45, 2.75) is 52.2 Å². The van der Waals surface area contributed by atoms with Crippen LogP contribution in [0, 0.1) is 0 Å². The summed E-state index contributed by atoms with van der Waals surface area (Å²) in [5.74, 6) is 0.0226. The topological polar surface area (TPSA) is 45.5 Å².